The lowest BCUT2D eigenvalue weighted by molar-refractivity contribution is 0.415. The number of benzene rings is 1. The lowest BCUT2D eigenvalue weighted by Gasteiger charge is -2.10. The molecule has 3 rings (SSSR count). The van der Waals surface area contributed by atoms with Gasteiger partial charge in [-0.25, -0.2) is 0 Å². The lowest BCUT2D eigenvalue weighted by Crippen LogP contribution is -2.01. The van der Waals surface area contributed by atoms with Gasteiger partial charge < -0.3 is 15.8 Å². The molecule has 0 aliphatic rings. The first-order valence-corrected chi connectivity index (χ1v) is 6.54. The molecule has 7 nitrogen and oxygen atoms in total. The number of hydrogen-bond donors (Lipinski definition) is 3. The number of halogens is 1. The Kier molecular flexibility index (Phi) is 3.15. The predicted molar refractivity (Wildman–Crippen MR) is 80.1 cm³/mol. The summed E-state index contributed by atoms with van der Waals surface area (Å²) in [5.41, 5.74) is 7.08. The Bertz CT molecular complexity index is 772. The van der Waals surface area contributed by atoms with Gasteiger partial charge in [0, 0.05) is 10.5 Å². The van der Waals surface area contributed by atoms with Crippen molar-refractivity contribution in [2.75, 3.05) is 18.2 Å². The van der Waals surface area contributed by atoms with Crippen LogP contribution >= 0.6 is 15.9 Å². The summed E-state index contributed by atoms with van der Waals surface area (Å²) < 4.78 is 6.09. The number of anilines is 3. The monoisotopic (exact) mass is 334 g/mol. The van der Waals surface area contributed by atoms with Gasteiger partial charge >= 0.3 is 0 Å². The van der Waals surface area contributed by atoms with E-state index < -0.39 is 0 Å². The highest BCUT2D eigenvalue weighted by Crippen LogP contribution is 2.31. The second-order valence-corrected chi connectivity index (χ2v) is 4.89. The van der Waals surface area contributed by atoms with Gasteiger partial charge in [0.1, 0.15) is 11.6 Å². The molecule has 0 radical (unpaired) electrons. The average molecular weight is 335 g/mol. The molecule has 4 N–H and O–H groups in total. The lowest BCUT2D eigenvalue weighted by atomic mass is 10.3. The number of nitrogen functional groups attached to an aromatic ring is 1. The molecule has 2 heterocycles. The standard InChI is InChI=1S/C12H11BrN6O/c1-20-6-2-3-8(13)9(4-6)16-10-7-5-15-19-11(7)18-12(14)17-10/h2-5H,1H3,(H4,14,15,16,17,18,19). The third-order valence-electron chi connectivity index (χ3n) is 2.75. The molecule has 0 spiro atoms. The number of rotatable bonds is 3. The van der Waals surface area contributed by atoms with Crippen molar-refractivity contribution in [2.24, 2.45) is 0 Å². The van der Waals surface area contributed by atoms with Crippen molar-refractivity contribution in [1.82, 2.24) is 20.2 Å². The van der Waals surface area contributed by atoms with E-state index in [-0.39, 0.29) is 5.95 Å². The number of aromatic amines is 1. The molecule has 1 aromatic carbocycles. The molecule has 0 saturated heterocycles. The summed E-state index contributed by atoms with van der Waals surface area (Å²) in [6.07, 6.45) is 1.64. The minimum absolute atomic E-state index is 0.170. The second-order valence-electron chi connectivity index (χ2n) is 4.03. The molecule has 0 fully saturated rings. The predicted octanol–water partition coefficient (Wildman–Crippen LogP) is 2.45. The number of methoxy groups -OCH3 is 1. The van der Waals surface area contributed by atoms with Crippen molar-refractivity contribution in [3.63, 3.8) is 0 Å². The van der Waals surface area contributed by atoms with E-state index in [1.54, 1.807) is 13.3 Å². The highest BCUT2D eigenvalue weighted by atomic mass is 79.9. The van der Waals surface area contributed by atoms with Crippen LogP contribution in [-0.2, 0) is 0 Å². The van der Waals surface area contributed by atoms with E-state index in [1.807, 2.05) is 18.2 Å². The highest BCUT2D eigenvalue weighted by molar-refractivity contribution is 9.10. The molecule has 0 atom stereocenters. The fourth-order valence-corrected chi connectivity index (χ4v) is 2.15. The van der Waals surface area contributed by atoms with Crippen LogP contribution in [0.2, 0.25) is 0 Å². The summed E-state index contributed by atoms with van der Waals surface area (Å²) in [5, 5.41) is 10.7. The molecule has 8 heteroatoms. The van der Waals surface area contributed by atoms with Gasteiger partial charge in [-0.15, -0.1) is 0 Å². The Morgan fingerprint density at radius 1 is 1.35 bits per heavy atom. The minimum atomic E-state index is 0.170. The van der Waals surface area contributed by atoms with Crippen LogP contribution in [-0.4, -0.2) is 27.3 Å². The first-order valence-electron chi connectivity index (χ1n) is 5.74. The second kappa shape index (κ2) is 4.97. The largest absolute Gasteiger partial charge is 0.497 e. The molecule has 20 heavy (non-hydrogen) atoms. The van der Waals surface area contributed by atoms with E-state index in [0.717, 1.165) is 21.3 Å². The van der Waals surface area contributed by atoms with Crippen molar-refractivity contribution in [2.45, 2.75) is 0 Å². The fraction of sp³-hybridized carbons (Fsp3) is 0.0833. The summed E-state index contributed by atoms with van der Waals surface area (Å²) in [5.74, 6) is 1.49. The van der Waals surface area contributed by atoms with Gasteiger partial charge in [-0.2, -0.15) is 15.1 Å². The third kappa shape index (κ3) is 2.25. The first kappa shape index (κ1) is 12.7. The third-order valence-corrected chi connectivity index (χ3v) is 3.45. The van der Waals surface area contributed by atoms with Gasteiger partial charge in [0.25, 0.3) is 0 Å². The average Bonchev–Trinajstić information content (AvgIpc) is 2.89. The topological polar surface area (TPSA) is 102 Å². The quantitative estimate of drug-likeness (QED) is 0.680. The Balaban J connectivity index is 2.07. The van der Waals surface area contributed by atoms with E-state index in [0.29, 0.717) is 11.5 Å². The molecule has 0 bridgehead atoms. The molecule has 102 valence electrons. The van der Waals surface area contributed by atoms with Crippen molar-refractivity contribution in [1.29, 1.82) is 0 Å². The van der Waals surface area contributed by atoms with Crippen LogP contribution < -0.4 is 15.8 Å². The Hall–Kier alpha value is -2.35. The van der Waals surface area contributed by atoms with Crippen molar-refractivity contribution in [3.8, 4) is 5.75 Å². The molecular formula is C12H11BrN6O. The molecule has 0 aliphatic carbocycles. The van der Waals surface area contributed by atoms with Crippen LogP contribution in [0.3, 0.4) is 0 Å². The SMILES string of the molecule is COc1ccc(Br)c(Nc2nc(N)nc3[nH]ncc23)c1. The Morgan fingerprint density at radius 2 is 2.20 bits per heavy atom. The van der Waals surface area contributed by atoms with Crippen LogP contribution in [0.4, 0.5) is 17.5 Å². The van der Waals surface area contributed by atoms with Crippen LogP contribution in [0.15, 0.2) is 28.9 Å². The molecule has 3 aromatic rings. The maximum atomic E-state index is 5.69. The Labute approximate surface area is 122 Å². The minimum Gasteiger partial charge on any atom is -0.497 e. The molecule has 0 saturated carbocycles. The summed E-state index contributed by atoms with van der Waals surface area (Å²) >= 11 is 3.47. The fourth-order valence-electron chi connectivity index (χ4n) is 1.80. The molecule has 0 amide bonds. The highest BCUT2D eigenvalue weighted by Gasteiger charge is 2.10. The smallest absolute Gasteiger partial charge is 0.224 e. The summed E-state index contributed by atoms with van der Waals surface area (Å²) in [7, 11) is 1.62. The zero-order chi connectivity index (χ0) is 14.1. The van der Waals surface area contributed by atoms with E-state index in [1.165, 1.54) is 0 Å². The zero-order valence-corrected chi connectivity index (χ0v) is 12.1. The van der Waals surface area contributed by atoms with Crippen LogP contribution in [0.5, 0.6) is 5.75 Å². The number of fused-ring (bicyclic) bond motifs is 1. The molecule has 0 aliphatic heterocycles. The molecule has 2 aromatic heterocycles. The number of nitrogens with zero attached hydrogens (tertiary/aromatic N) is 3. The van der Waals surface area contributed by atoms with E-state index in [4.69, 9.17) is 10.5 Å². The van der Waals surface area contributed by atoms with E-state index >= 15 is 0 Å². The molecule has 0 unspecified atom stereocenters. The number of nitrogens with two attached hydrogens (primary N) is 1. The van der Waals surface area contributed by atoms with Crippen molar-refractivity contribution >= 4 is 44.4 Å². The number of hydrogen-bond acceptors (Lipinski definition) is 6. The number of H-pyrrole nitrogens is 1. The van der Waals surface area contributed by atoms with Gasteiger partial charge in [-0.1, -0.05) is 0 Å². The first-order chi connectivity index (χ1) is 9.67. The van der Waals surface area contributed by atoms with Crippen LogP contribution in [0.25, 0.3) is 11.0 Å². The maximum absolute atomic E-state index is 5.69. The summed E-state index contributed by atoms with van der Waals surface area (Å²) in [6, 6.07) is 5.60. The van der Waals surface area contributed by atoms with Crippen molar-refractivity contribution in [3.05, 3.63) is 28.9 Å². The normalized spacial score (nSPS) is 10.7. The van der Waals surface area contributed by atoms with Gasteiger partial charge in [0.2, 0.25) is 5.95 Å². The maximum Gasteiger partial charge on any atom is 0.224 e. The van der Waals surface area contributed by atoms with Gasteiger partial charge in [-0.05, 0) is 28.1 Å². The number of ether oxygens (including phenoxy) is 1. The van der Waals surface area contributed by atoms with Gasteiger partial charge in [-0.3, -0.25) is 5.10 Å². The van der Waals surface area contributed by atoms with E-state index in [2.05, 4.69) is 41.4 Å². The zero-order valence-electron chi connectivity index (χ0n) is 10.5. The van der Waals surface area contributed by atoms with Gasteiger partial charge in [0.05, 0.1) is 24.4 Å². The summed E-state index contributed by atoms with van der Waals surface area (Å²) in [4.78, 5) is 8.27. The van der Waals surface area contributed by atoms with Crippen LogP contribution in [0, 0.1) is 0 Å². The summed E-state index contributed by atoms with van der Waals surface area (Å²) in [6.45, 7) is 0. The van der Waals surface area contributed by atoms with Crippen molar-refractivity contribution < 1.29 is 4.74 Å². The van der Waals surface area contributed by atoms with E-state index in [9.17, 15) is 0 Å². The Morgan fingerprint density at radius 3 is 3.00 bits per heavy atom. The number of aromatic nitrogens is 4. The molecular weight excluding hydrogens is 324 g/mol. The van der Waals surface area contributed by atoms with Gasteiger partial charge in [0.15, 0.2) is 5.65 Å². The number of nitrogens with one attached hydrogen (secondary N) is 2. The van der Waals surface area contributed by atoms with Crippen LogP contribution in [0.1, 0.15) is 0 Å².